The molecule has 0 atom stereocenters. The molecule has 3 aromatic rings. The second kappa shape index (κ2) is 21.4. The Hall–Kier alpha value is -2.33. The van der Waals surface area contributed by atoms with Crippen LogP contribution in [0, 0.1) is 0 Å². The molecular weight excluding hydrogens is 538 g/mol. The third-order valence-corrected chi connectivity index (χ3v) is 8.69. The Labute approximate surface area is 261 Å². The van der Waals surface area contributed by atoms with Gasteiger partial charge < -0.3 is 9.88 Å². The van der Waals surface area contributed by atoms with Gasteiger partial charge in [0.2, 0.25) is 0 Å². The van der Waals surface area contributed by atoms with Crippen molar-refractivity contribution in [3.8, 4) is 0 Å². The topological polar surface area (TPSA) is 46.9 Å². The first-order valence-corrected chi connectivity index (χ1v) is 17.5. The van der Waals surface area contributed by atoms with Crippen LogP contribution in [0.5, 0.6) is 0 Å². The summed E-state index contributed by atoms with van der Waals surface area (Å²) < 4.78 is 2.46. The van der Waals surface area contributed by atoms with E-state index in [0.717, 1.165) is 37.7 Å². The molecule has 1 N–H and O–H groups in total. The fourth-order valence-corrected chi connectivity index (χ4v) is 6.00. The predicted octanol–water partition coefficient (Wildman–Crippen LogP) is 11.1. The molecular formula is C37H56ClN3O. The van der Waals surface area contributed by atoms with Crippen LogP contribution in [0.15, 0.2) is 48.5 Å². The number of halogens is 1. The largest absolute Gasteiger partial charge is 0.352 e. The van der Waals surface area contributed by atoms with Gasteiger partial charge in [-0.05, 0) is 55.7 Å². The number of fused-ring (bicyclic) bond motifs is 1. The lowest BCUT2D eigenvalue weighted by atomic mass is 10.0. The summed E-state index contributed by atoms with van der Waals surface area (Å²) in [5.41, 5.74) is 3.03. The van der Waals surface area contributed by atoms with Gasteiger partial charge >= 0.3 is 0 Å². The first-order valence-electron chi connectivity index (χ1n) is 17.2. The maximum Gasteiger partial charge on any atom is 0.251 e. The van der Waals surface area contributed by atoms with Gasteiger partial charge in [-0.25, -0.2) is 4.98 Å². The minimum atomic E-state index is -0.0349. The highest BCUT2D eigenvalue weighted by Crippen LogP contribution is 2.20. The fraction of sp³-hybridized carbons (Fsp3) is 0.622. The Balaban J connectivity index is 1.24. The maximum atomic E-state index is 12.3. The monoisotopic (exact) mass is 593 g/mol. The van der Waals surface area contributed by atoms with Crippen molar-refractivity contribution < 1.29 is 4.79 Å². The molecule has 0 radical (unpaired) electrons. The van der Waals surface area contributed by atoms with Crippen molar-refractivity contribution in [3.05, 3.63) is 64.9 Å². The summed E-state index contributed by atoms with van der Waals surface area (Å²) in [6.45, 7) is 4.04. The molecule has 4 nitrogen and oxygen atoms in total. The molecule has 0 saturated carbocycles. The number of carbonyl (C=O) groups excluding carboxylic acids is 1. The van der Waals surface area contributed by atoms with Crippen molar-refractivity contribution >= 4 is 28.5 Å². The second-order valence-electron chi connectivity index (χ2n) is 12.0. The Kier molecular flexibility index (Phi) is 17.4. The van der Waals surface area contributed by atoms with Gasteiger partial charge in [0, 0.05) is 30.1 Å². The smallest absolute Gasteiger partial charge is 0.251 e. The Morgan fingerprint density at radius 3 is 1.86 bits per heavy atom. The van der Waals surface area contributed by atoms with E-state index in [2.05, 4.69) is 41.1 Å². The van der Waals surface area contributed by atoms with E-state index in [-0.39, 0.29) is 5.91 Å². The van der Waals surface area contributed by atoms with Crippen LogP contribution in [-0.4, -0.2) is 22.0 Å². The van der Waals surface area contributed by atoms with E-state index >= 15 is 0 Å². The van der Waals surface area contributed by atoms with Gasteiger partial charge in [0.05, 0.1) is 11.0 Å². The number of nitrogens with one attached hydrogen (secondary N) is 1. The molecule has 0 unspecified atom stereocenters. The molecule has 0 spiro atoms. The highest BCUT2D eigenvalue weighted by molar-refractivity contribution is 6.30. The Bertz CT molecular complexity index is 1120. The number of hydrogen-bond acceptors (Lipinski definition) is 2. The number of nitrogens with zero attached hydrogens (tertiary/aromatic N) is 2. The van der Waals surface area contributed by atoms with E-state index in [1.807, 2.05) is 0 Å². The standard InChI is InChI=1S/C37H56ClN3O/c1-2-3-4-5-6-7-8-9-10-11-12-13-14-15-16-22-31-41-35-24-20-19-23-34(35)40-36(41)25-18-17-21-30-39-37(42)32-26-28-33(38)29-27-32/h19-20,23-24,26-29H,2-18,21-22,25,30-31H2,1H3,(H,39,42). The van der Waals surface area contributed by atoms with Crippen molar-refractivity contribution in [2.75, 3.05) is 6.54 Å². The average Bonchev–Trinajstić information content (AvgIpc) is 3.36. The zero-order chi connectivity index (χ0) is 29.7. The molecule has 2 aromatic carbocycles. The molecule has 0 aliphatic heterocycles. The third kappa shape index (κ3) is 13.3. The normalized spacial score (nSPS) is 11.4. The first kappa shape index (κ1) is 34.2. The zero-order valence-electron chi connectivity index (χ0n) is 26.4. The van der Waals surface area contributed by atoms with E-state index in [1.165, 1.54) is 114 Å². The second-order valence-corrected chi connectivity index (χ2v) is 12.5. The lowest BCUT2D eigenvalue weighted by Crippen LogP contribution is -2.24. The number of unbranched alkanes of at least 4 members (excludes halogenated alkanes) is 17. The summed E-state index contributed by atoms with van der Waals surface area (Å²) in [5, 5.41) is 3.67. The van der Waals surface area contributed by atoms with Crippen LogP contribution in [0.2, 0.25) is 5.02 Å². The van der Waals surface area contributed by atoms with Gasteiger partial charge in [0.25, 0.3) is 5.91 Å². The van der Waals surface area contributed by atoms with Crippen molar-refractivity contribution in [2.45, 2.75) is 142 Å². The molecule has 3 rings (SSSR count). The molecule has 1 aromatic heterocycles. The number of imidazole rings is 1. The number of hydrogen-bond donors (Lipinski definition) is 1. The quantitative estimate of drug-likeness (QED) is 0.105. The Morgan fingerprint density at radius 2 is 1.24 bits per heavy atom. The number of para-hydroxylation sites is 2. The van der Waals surface area contributed by atoms with Crippen LogP contribution < -0.4 is 5.32 Å². The number of carbonyl (C=O) groups is 1. The molecule has 42 heavy (non-hydrogen) atoms. The maximum absolute atomic E-state index is 12.3. The summed E-state index contributed by atoms with van der Waals surface area (Å²) in [6.07, 6.45) is 26.5. The number of benzene rings is 2. The van der Waals surface area contributed by atoms with Gasteiger partial charge in [0.1, 0.15) is 5.82 Å². The van der Waals surface area contributed by atoms with Crippen molar-refractivity contribution in [1.29, 1.82) is 0 Å². The molecule has 0 bridgehead atoms. The molecule has 5 heteroatoms. The van der Waals surface area contributed by atoms with Crippen LogP contribution in [0.3, 0.4) is 0 Å². The highest BCUT2D eigenvalue weighted by Gasteiger charge is 2.10. The third-order valence-electron chi connectivity index (χ3n) is 8.44. The van der Waals surface area contributed by atoms with E-state index in [4.69, 9.17) is 16.6 Å². The van der Waals surface area contributed by atoms with Gasteiger partial charge in [-0.15, -0.1) is 0 Å². The zero-order valence-corrected chi connectivity index (χ0v) is 27.1. The molecule has 232 valence electrons. The van der Waals surface area contributed by atoms with Crippen LogP contribution in [-0.2, 0) is 13.0 Å². The van der Waals surface area contributed by atoms with Crippen LogP contribution >= 0.6 is 11.6 Å². The molecule has 0 saturated heterocycles. The highest BCUT2D eigenvalue weighted by atomic mass is 35.5. The number of aryl methyl sites for hydroxylation is 2. The summed E-state index contributed by atoms with van der Waals surface area (Å²) in [6, 6.07) is 15.6. The molecule has 1 heterocycles. The average molecular weight is 594 g/mol. The Morgan fingerprint density at radius 1 is 0.690 bits per heavy atom. The first-order chi connectivity index (χ1) is 20.7. The minimum absolute atomic E-state index is 0.0349. The number of amides is 1. The lowest BCUT2D eigenvalue weighted by Gasteiger charge is -2.10. The van der Waals surface area contributed by atoms with E-state index in [9.17, 15) is 4.79 Å². The van der Waals surface area contributed by atoms with E-state index in [0.29, 0.717) is 17.1 Å². The predicted molar refractivity (Wildman–Crippen MR) is 181 cm³/mol. The van der Waals surface area contributed by atoms with Gasteiger partial charge in [-0.2, -0.15) is 0 Å². The van der Waals surface area contributed by atoms with Crippen molar-refractivity contribution in [2.24, 2.45) is 0 Å². The molecule has 0 aliphatic rings. The SMILES string of the molecule is CCCCCCCCCCCCCCCCCCn1c(CCCCCNC(=O)c2ccc(Cl)cc2)nc2ccccc21. The molecule has 1 amide bonds. The van der Waals surface area contributed by atoms with E-state index < -0.39 is 0 Å². The number of aromatic nitrogens is 2. The fourth-order valence-electron chi connectivity index (χ4n) is 5.87. The van der Waals surface area contributed by atoms with Crippen molar-refractivity contribution in [3.63, 3.8) is 0 Å². The summed E-state index contributed by atoms with van der Waals surface area (Å²) in [7, 11) is 0. The van der Waals surface area contributed by atoms with Gasteiger partial charge in [0.15, 0.2) is 0 Å². The lowest BCUT2D eigenvalue weighted by molar-refractivity contribution is 0.0953. The van der Waals surface area contributed by atoms with Gasteiger partial charge in [-0.3, -0.25) is 4.79 Å². The minimum Gasteiger partial charge on any atom is -0.352 e. The molecule has 0 aliphatic carbocycles. The van der Waals surface area contributed by atoms with Crippen LogP contribution in [0.1, 0.15) is 145 Å². The summed E-state index contributed by atoms with van der Waals surface area (Å²) >= 11 is 5.92. The van der Waals surface area contributed by atoms with E-state index in [1.54, 1.807) is 24.3 Å². The van der Waals surface area contributed by atoms with Gasteiger partial charge in [-0.1, -0.05) is 133 Å². The van der Waals surface area contributed by atoms with Crippen LogP contribution in [0.4, 0.5) is 0 Å². The molecule has 0 fully saturated rings. The number of rotatable bonds is 24. The van der Waals surface area contributed by atoms with Crippen molar-refractivity contribution in [1.82, 2.24) is 14.9 Å². The van der Waals surface area contributed by atoms with Crippen LogP contribution in [0.25, 0.3) is 11.0 Å². The summed E-state index contributed by atoms with van der Waals surface area (Å²) in [4.78, 5) is 17.3. The summed E-state index contributed by atoms with van der Waals surface area (Å²) in [5.74, 6) is 1.18.